The molecule has 0 aromatic carbocycles. The van der Waals surface area contributed by atoms with Crippen molar-refractivity contribution in [3.63, 3.8) is 0 Å². The van der Waals surface area contributed by atoms with E-state index in [1.54, 1.807) is 0 Å². The molecule has 0 unspecified atom stereocenters. The van der Waals surface area contributed by atoms with Crippen LogP contribution in [0.15, 0.2) is 12.2 Å². The Labute approximate surface area is 261 Å². The summed E-state index contributed by atoms with van der Waals surface area (Å²) in [5.74, 6) is -0.593. The average Bonchev–Trinajstić information content (AvgIpc) is 2.99. The van der Waals surface area contributed by atoms with Crippen molar-refractivity contribution < 1.29 is 24.2 Å². The number of ether oxygens (including phenoxy) is 2. The number of hydrogen-bond donors (Lipinski definition) is 1. The maximum atomic E-state index is 12.1. The summed E-state index contributed by atoms with van der Waals surface area (Å²) in [7, 11) is 0. The molecule has 0 heterocycles. The van der Waals surface area contributed by atoms with E-state index in [1.807, 2.05) is 0 Å². The molecule has 0 spiro atoms. The summed E-state index contributed by atoms with van der Waals surface area (Å²) in [6.45, 7) is 4.13. The van der Waals surface area contributed by atoms with Gasteiger partial charge in [0.1, 0.15) is 6.61 Å². The lowest BCUT2D eigenvalue weighted by Crippen LogP contribution is -2.28. The molecule has 0 aliphatic heterocycles. The van der Waals surface area contributed by atoms with E-state index in [0.29, 0.717) is 12.8 Å². The molecule has 248 valence electrons. The van der Waals surface area contributed by atoms with E-state index < -0.39 is 6.10 Å². The molecule has 5 nitrogen and oxygen atoms in total. The van der Waals surface area contributed by atoms with Crippen LogP contribution in [0.1, 0.15) is 194 Å². The van der Waals surface area contributed by atoms with E-state index in [0.717, 1.165) is 44.9 Å². The van der Waals surface area contributed by atoms with Crippen LogP contribution in [0.2, 0.25) is 0 Å². The van der Waals surface area contributed by atoms with E-state index in [9.17, 15) is 14.7 Å². The summed E-state index contributed by atoms with van der Waals surface area (Å²) >= 11 is 0. The first-order valence-electron chi connectivity index (χ1n) is 18.2. The lowest BCUT2D eigenvalue weighted by atomic mass is 10.0. The van der Waals surface area contributed by atoms with Crippen LogP contribution in [0.25, 0.3) is 0 Å². The van der Waals surface area contributed by atoms with Crippen molar-refractivity contribution in [2.75, 3.05) is 13.2 Å². The molecule has 1 atom stereocenters. The molecule has 0 bridgehead atoms. The average molecular weight is 595 g/mol. The highest BCUT2D eigenvalue weighted by atomic mass is 16.6. The second kappa shape index (κ2) is 34.1. The fourth-order valence-electron chi connectivity index (χ4n) is 5.25. The van der Waals surface area contributed by atoms with Gasteiger partial charge < -0.3 is 14.6 Å². The second-order valence-corrected chi connectivity index (χ2v) is 12.3. The highest BCUT2D eigenvalue weighted by Gasteiger charge is 2.16. The number of rotatable bonds is 33. The van der Waals surface area contributed by atoms with E-state index in [1.165, 1.54) is 122 Å². The smallest absolute Gasteiger partial charge is 0.306 e. The van der Waals surface area contributed by atoms with E-state index in [2.05, 4.69) is 26.0 Å². The third-order valence-electron chi connectivity index (χ3n) is 8.06. The van der Waals surface area contributed by atoms with E-state index in [-0.39, 0.29) is 25.2 Å². The molecule has 0 aromatic rings. The SMILES string of the molecule is CCCCCCCC/C=C/CCCCCCCC(=O)O[C@H](CO)COC(=O)CCCCCCCCCCCCCCC. The third-order valence-corrected chi connectivity index (χ3v) is 8.06. The van der Waals surface area contributed by atoms with Gasteiger partial charge in [-0.05, 0) is 38.5 Å². The van der Waals surface area contributed by atoms with Crippen LogP contribution >= 0.6 is 0 Å². The number of carbonyl (C=O) groups is 2. The normalized spacial score (nSPS) is 12.2. The summed E-state index contributed by atoms with van der Waals surface area (Å²) in [5.41, 5.74) is 0. The van der Waals surface area contributed by atoms with E-state index >= 15 is 0 Å². The summed E-state index contributed by atoms with van der Waals surface area (Å²) in [6, 6.07) is 0. The maximum Gasteiger partial charge on any atom is 0.306 e. The first-order valence-corrected chi connectivity index (χ1v) is 18.2. The Balaban J connectivity index is 3.55. The monoisotopic (exact) mass is 595 g/mol. The van der Waals surface area contributed by atoms with Gasteiger partial charge in [0.25, 0.3) is 0 Å². The number of aliphatic hydroxyl groups excluding tert-OH is 1. The molecule has 0 aliphatic carbocycles. The van der Waals surface area contributed by atoms with Crippen molar-refractivity contribution >= 4 is 11.9 Å². The first-order chi connectivity index (χ1) is 20.6. The van der Waals surface area contributed by atoms with Gasteiger partial charge in [-0.1, -0.05) is 154 Å². The number of aliphatic hydroxyl groups is 1. The van der Waals surface area contributed by atoms with Gasteiger partial charge in [-0.15, -0.1) is 0 Å². The fraction of sp³-hybridized carbons (Fsp3) is 0.892. The Hall–Kier alpha value is -1.36. The zero-order chi connectivity index (χ0) is 30.8. The van der Waals surface area contributed by atoms with Gasteiger partial charge in [0.05, 0.1) is 6.61 Å². The van der Waals surface area contributed by atoms with Gasteiger partial charge in [-0.2, -0.15) is 0 Å². The largest absolute Gasteiger partial charge is 0.462 e. The van der Waals surface area contributed by atoms with Crippen molar-refractivity contribution in [3.8, 4) is 0 Å². The Morgan fingerprint density at radius 3 is 1.29 bits per heavy atom. The van der Waals surface area contributed by atoms with Crippen LogP contribution < -0.4 is 0 Å². The second-order valence-electron chi connectivity index (χ2n) is 12.3. The quantitative estimate of drug-likeness (QED) is 0.0465. The van der Waals surface area contributed by atoms with Crippen molar-refractivity contribution in [1.29, 1.82) is 0 Å². The number of carbonyl (C=O) groups excluding carboxylic acids is 2. The van der Waals surface area contributed by atoms with Crippen LogP contribution in [0, 0.1) is 0 Å². The zero-order valence-corrected chi connectivity index (χ0v) is 28.0. The van der Waals surface area contributed by atoms with Crippen LogP contribution in [0.4, 0.5) is 0 Å². The van der Waals surface area contributed by atoms with Crippen molar-refractivity contribution in [2.24, 2.45) is 0 Å². The number of allylic oxidation sites excluding steroid dienone is 2. The summed E-state index contributed by atoms with van der Waals surface area (Å²) < 4.78 is 10.6. The minimum atomic E-state index is -0.767. The minimum Gasteiger partial charge on any atom is -0.462 e. The topological polar surface area (TPSA) is 72.8 Å². The molecule has 0 radical (unpaired) electrons. The summed E-state index contributed by atoms with van der Waals surface area (Å²) in [6.07, 6.45) is 36.9. The number of esters is 2. The highest BCUT2D eigenvalue weighted by molar-refractivity contribution is 5.70. The number of unbranched alkanes of at least 4 members (excludes halogenated alkanes) is 23. The predicted octanol–water partition coefficient (Wildman–Crippen LogP) is 11.0. The van der Waals surface area contributed by atoms with Crippen LogP contribution in [-0.4, -0.2) is 36.4 Å². The molecule has 0 saturated carbocycles. The van der Waals surface area contributed by atoms with Crippen molar-refractivity contribution in [2.45, 2.75) is 200 Å². The van der Waals surface area contributed by atoms with Crippen molar-refractivity contribution in [1.82, 2.24) is 0 Å². The van der Waals surface area contributed by atoms with Gasteiger partial charge in [-0.25, -0.2) is 0 Å². The van der Waals surface area contributed by atoms with Gasteiger partial charge in [0.2, 0.25) is 0 Å². The van der Waals surface area contributed by atoms with Gasteiger partial charge in [-0.3, -0.25) is 9.59 Å². The molecular weight excluding hydrogens is 524 g/mol. The van der Waals surface area contributed by atoms with Crippen LogP contribution in [0.3, 0.4) is 0 Å². The summed E-state index contributed by atoms with van der Waals surface area (Å²) in [4.78, 5) is 24.1. The van der Waals surface area contributed by atoms with Crippen LogP contribution in [0.5, 0.6) is 0 Å². The van der Waals surface area contributed by atoms with Crippen LogP contribution in [-0.2, 0) is 19.1 Å². The standard InChI is InChI=1S/C37H70O5/c1-3-5-7-9-11-13-15-17-18-20-22-24-26-28-30-32-37(40)42-35(33-38)34-41-36(39)31-29-27-25-23-21-19-16-14-12-10-8-6-4-2/h17-18,35,38H,3-16,19-34H2,1-2H3/b18-17+/t35-/m1/s1. The molecule has 42 heavy (non-hydrogen) atoms. The van der Waals surface area contributed by atoms with Gasteiger partial charge in [0.15, 0.2) is 6.10 Å². The molecule has 0 saturated heterocycles. The Morgan fingerprint density at radius 1 is 0.524 bits per heavy atom. The van der Waals surface area contributed by atoms with Gasteiger partial charge in [0, 0.05) is 12.8 Å². The molecule has 0 fully saturated rings. The summed E-state index contributed by atoms with van der Waals surface area (Å²) in [5, 5.41) is 9.52. The van der Waals surface area contributed by atoms with Gasteiger partial charge >= 0.3 is 11.9 Å². The van der Waals surface area contributed by atoms with E-state index in [4.69, 9.17) is 9.47 Å². The lowest BCUT2D eigenvalue weighted by Gasteiger charge is -2.15. The third kappa shape index (κ3) is 31.6. The number of hydrogen-bond acceptors (Lipinski definition) is 5. The zero-order valence-electron chi connectivity index (χ0n) is 28.0. The molecule has 0 amide bonds. The maximum absolute atomic E-state index is 12.1. The Bertz CT molecular complexity index is 603. The molecule has 5 heteroatoms. The fourth-order valence-corrected chi connectivity index (χ4v) is 5.25. The molecular formula is C37H70O5. The Morgan fingerprint density at radius 2 is 0.881 bits per heavy atom. The lowest BCUT2D eigenvalue weighted by molar-refractivity contribution is -0.161. The molecule has 0 aromatic heterocycles. The molecule has 1 N–H and O–H groups in total. The minimum absolute atomic E-state index is 0.0636. The first kappa shape index (κ1) is 40.6. The van der Waals surface area contributed by atoms with Crippen molar-refractivity contribution in [3.05, 3.63) is 12.2 Å². The highest BCUT2D eigenvalue weighted by Crippen LogP contribution is 2.14. The molecule has 0 rings (SSSR count). The predicted molar refractivity (Wildman–Crippen MR) is 178 cm³/mol. The molecule has 0 aliphatic rings. The Kier molecular flexibility index (Phi) is 33.0.